The molecule has 18 heavy (non-hydrogen) atoms. The minimum Gasteiger partial charge on any atom is -0.332 e. The molecule has 1 atom stereocenters. The number of nitrogens with zero attached hydrogens (tertiary/aromatic N) is 3. The second-order valence-electron chi connectivity index (χ2n) is 4.22. The first-order chi connectivity index (χ1) is 8.43. The lowest BCUT2D eigenvalue weighted by Crippen LogP contribution is -2.28. The zero-order chi connectivity index (χ0) is 11.5. The number of rotatable bonds is 2. The number of halogens is 1. The number of pyridine rings is 1. The van der Waals surface area contributed by atoms with Gasteiger partial charge in [-0.2, -0.15) is 4.98 Å². The first kappa shape index (κ1) is 13.0. The van der Waals surface area contributed by atoms with E-state index in [1.165, 1.54) is 0 Å². The van der Waals surface area contributed by atoms with E-state index >= 15 is 0 Å². The summed E-state index contributed by atoms with van der Waals surface area (Å²) in [4.78, 5) is 8.62. The quantitative estimate of drug-likeness (QED) is 0.901. The highest BCUT2D eigenvalue weighted by molar-refractivity contribution is 5.85. The molecule has 1 fully saturated rings. The molecule has 0 bridgehead atoms. The molecular formula is C12H15ClN4O. The van der Waals surface area contributed by atoms with Crippen molar-refractivity contribution in [3.05, 3.63) is 30.2 Å². The van der Waals surface area contributed by atoms with Gasteiger partial charge in [-0.05, 0) is 31.5 Å². The summed E-state index contributed by atoms with van der Waals surface area (Å²) in [6.45, 7) is 2.02. The number of aromatic nitrogens is 3. The van der Waals surface area contributed by atoms with Crippen molar-refractivity contribution in [1.82, 2.24) is 20.4 Å². The molecule has 0 spiro atoms. The molecule has 2 aromatic heterocycles. The van der Waals surface area contributed by atoms with Gasteiger partial charge in [0.05, 0.1) is 0 Å². The third-order valence-electron chi connectivity index (χ3n) is 2.99. The predicted molar refractivity (Wildman–Crippen MR) is 69.6 cm³/mol. The highest BCUT2D eigenvalue weighted by Gasteiger charge is 2.21. The Kier molecular flexibility index (Phi) is 4.28. The predicted octanol–water partition coefficient (Wildman–Crippen LogP) is 2.02. The molecule has 6 heteroatoms. The summed E-state index contributed by atoms with van der Waals surface area (Å²) in [6.07, 6.45) is 4.01. The van der Waals surface area contributed by atoms with Crippen LogP contribution < -0.4 is 5.32 Å². The van der Waals surface area contributed by atoms with E-state index in [0.29, 0.717) is 11.8 Å². The van der Waals surface area contributed by atoms with Gasteiger partial charge in [0.25, 0.3) is 5.89 Å². The molecule has 0 aliphatic carbocycles. The summed E-state index contributed by atoms with van der Waals surface area (Å²) in [5, 5.41) is 7.40. The smallest absolute Gasteiger partial charge is 0.276 e. The molecule has 1 aliphatic rings. The van der Waals surface area contributed by atoms with Crippen molar-refractivity contribution < 1.29 is 4.52 Å². The van der Waals surface area contributed by atoms with Crippen molar-refractivity contribution in [3.63, 3.8) is 0 Å². The number of hydrogen-bond donors (Lipinski definition) is 1. The second-order valence-corrected chi connectivity index (χ2v) is 4.22. The highest BCUT2D eigenvalue weighted by Crippen LogP contribution is 2.22. The maximum atomic E-state index is 5.25. The number of nitrogens with one attached hydrogen (secondary N) is 1. The van der Waals surface area contributed by atoms with Gasteiger partial charge >= 0.3 is 0 Å². The Bertz CT molecular complexity index is 482. The summed E-state index contributed by atoms with van der Waals surface area (Å²) in [6, 6.07) is 5.65. The first-order valence-corrected chi connectivity index (χ1v) is 5.89. The van der Waals surface area contributed by atoms with Crippen molar-refractivity contribution in [2.75, 3.05) is 13.1 Å². The fourth-order valence-corrected chi connectivity index (χ4v) is 2.07. The van der Waals surface area contributed by atoms with Crippen LogP contribution in [0.15, 0.2) is 28.9 Å². The molecule has 1 aliphatic heterocycles. The van der Waals surface area contributed by atoms with Crippen LogP contribution in [-0.4, -0.2) is 28.2 Å². The fourth-order valence-electron chi connectivity index (χ4n) is 2.07. The van der Waals surface area contributed by atoms with Gasteiger partial charge in [0.2, 0.25) is 0 Å². The zero-order valence-corrected chi connectivity index (χ0v) is 10.7. The van der Waals surface area contributed by atoms with E-state index in [0.717, 1.165) is 37.4 Å². The average molecular weight is 267 g/mol. The summed E-state index contributed by atoms with van der Waals surface area (Å²) >= 11 is 0. The molecule has 3 heterocycles. The van der Waals surface area contributed by atoms with Crippen LogP contribution in [0.2, 0.25) is 0 Å². The lowest BCUT2D eigenvalue weighted by Gasteiger charge is -2.19. The van der Waals surface area contributed by atoms with E-state index in [2.05, 4.69) is 20.4 Å². The molecular weight excluding hydrogens is 252 g/mol. The van der Waals surface area contributed by atoms with Crippen molar-refractivity contribution in [1.29, 1.82) is 0 Å². The Morgan fingerprint density at radius 3 is 3.00 bits per heavy atom. The maximum absolute atomic E-state index is 5.25. The van der Waals surface area contributed by atoms with Crippen LogP contribution in [-0.2, 0) is 0 Å². The molecule has 1 saturated heterocycles. The summed E-state index contributed by atoms with van der Waals surface area (Å²) in [7, 11) is 0. The van der Waals surface area contributed by atoms with E-state index in [1.807, 2.05) is 18.2 Å². The van der Waals surface area contributed by atoms with Crippen molar-refractivity contribution in [3.8, 4) is 11.6 Å². The summed E-state index contributed by atoms with van der Waals surface area (Å²) in [5.74, 6) is 1.66. The van der Waals surface area contributed by atoms with Gasteiger partial charge in [-0.15, -0.1) is 12.4 Å². The van der Waals surface area contributed by atoms with Gasteiger partial charge in [0.15, 0.2) is 5.82 Å². The highest BCUT2D eigenvalue weighted by atomic mass is 35.5. The minimum absolute atomic E-state index is 0. The monoisotopic (exact) mass is 266 g/mol. The lowest BCUT2D eigenvalue weighted by atomic mass is 9.99. The van der Waals surface area contributed by atoms with E-state index < -0.39 is 0 Å². The van der Waals surface area contributed by atoms with Crippen LogP contribution >= 0.6 is 12.4 Å². The molecule has 0 saturated carbocycles. The average Bonchev–Trinajstić information content (AvgIpc) is 2.90. The van der Waals surface area contributed by atoms with Crippen LogP contribution in [0.5, 0.6) is 0 Å². The fraction of sp³-hybridized carbons (Fsp3) is 0.417. The Hall–Kier alpha value is -1.46. The van der Waals surface area contributed by atoms with Gasteiger partial charge in [0.1, 0.15) is 5.69 Å². The molecule has 96 valence electrons. The second kappa shape index (κ2) is 5.93. The SMILES string of the molecule is Cl.c1ccc(-c2nc(C3CCCNC3)no2)nc1. The van der Waals surface area contributed by atoms with E-state index in [-0.39, 0.29) is 12.4 Å². The van der Waals surface area contributed by atoms with Crippen molar-refractivity contribution in [2.24, 2.45) is 0 Å². The number of hydrogen-bond acceptors (Lipinski definition) is 5. The van der Waals surface area contributed by atoms with Crippen LogP contribution in [0, 0.1) is 0 Å². The van der Waals surface area contributed by atoms with Crippen LogP contribution in [0.1, 0.15) is 24.6 Å². The third kappa shape index (κ3) is 2.68. The van der Waals surface area contributed by atoms with Gasteiger partial charge in [-0.3, -0.25) is 4.98 Å². The van der Waals surface area contributed by atoms with Crippen LogP contribution in [0.4, 0.5) is 0 Å². The maximum Gasteiger partial charge on any atom is 0.276 e. The summed E-state index contributed by atoms with van der Waals surface area (Å²) < 4.78 is 5.25. The topological polar surface area (TPSA) is 63.8 Å². The minimum atomic E-state index is 0. The van der Waals surface area contributed by atoms with E-state index in [4.69, 9.17) is 4.52 Å². The van der Waals surface area contributed by atoms with Gasteiger partial charge in [-0.1, -0.05) is 11.2 Å². The first-order valence-electron chi connectivity index (χ1n) is 5.89. The van der Waals surface area contributed by atoms with E-state index in [9.17, 15) is 0 Å². The zero-order valence-electron chi connectivity index (χ0n) is 9.87. The molecule has 1 N–H and O–H groups in total. The Morgan fingerprint density at radius 1 is 1.33 bits per heavy atom. The molecule has 1 unspecified atom stereocenters. The van der Waals surface area contributed by atoms with Crippen LogP contribution in [0.25, 0.3) is 11.6 Å². The molecule has 0 radical (unpaired) electrons. The molecule has 0 aromatic carbocycles. The van der Waals surface area contributed by atoms with E-state index in [1.54, 1.807) is 6.20 Å². The van der Waals surface area contributed by atoms with Gasteiger partial charge in [0, 0.05) is 18.7 Å². The van der Waals surface area contributed by atoms with Crippen molar-refractivity contribution >= 4 is 12.4 Å². The molecule has 3 rings (SSSR count). The molecule has 5 nitrogen and oxygen atoms in total. The third-order valence-corrected chi connectivity index (χ3v) is 2.99. The van der Waals surface area contributed by atoms with Gasteiger partial charge in [-0.25, -0.2) is 0 Å². The summed E-state index contributed by atoms with van der Waals surface area (Å²) in [5.41, 5.74) is 0.731. The normalized spacial score (nSPS) is 19.2. The largest absolute Gasteiger partial charge is 0.332 e. The Balaban J connectivity index is 0.00000120. The molecule has 0 amide bonds. The number of piperidine rings is 1. The lowest BCUT2D eigenvalue weighted by molar-refractivity contribution is 0.392. The molecule has 2 aromatic rings. The standard InChI is InChI=1S/C12H14N4O.ClH/c1-2-7-14-10(5-1)12-15-11(16-17-12)9-4-3-6-13-8-9;/h1-2,5,7,9,13H,3-4,6,8H2;1H. The van der Waals surface area contributed by atoms with Gasteiger partial charge < -0.3 is 9.84 Å². The Labute approximate surface area is 111 Å². The Morgan fingerprint density at radius 2 is 2.28 bits per heavy atom. The van der Waals surface area contributed by atoms with Crippen LogP contribution in [0.3, 0.4) is 0 Å². The van der Waals surface area contributed by atoms with Crippen molar-refractivity contribution in [2.45, 2.75) is 18.8 Å².